The minimum atomic E-state index is 0.451. The lowest BCUT2D eigenvalue weighted by Gasteiger charge is -2.08. The average molecular weight is 252 g/mol. The van der Waals surface area contributed by atoms with Crippen molar-refractivity contribution in [3.05, 3.63) is 17.3 Å². The van der Waals surface area contributed by atoms with Gasteiger partial charge in [0.25, 0.3) is 5.22 Å². The van der Waals surface area contributed by atoms with E-state index >= 15 is 0 Å². The number of rotatable bonds is 3. The van der Waals surface area contributed by atoms with Gasteiger partial charge in [-0.2, -0.15) is 0 Å². The van der Waals surface area contributed by atoms with E-state index in [-0.39, 0.29) is 0 Å². The quantitative estimate of drug-likeness (QED) is 0.477. The van der Waals surface area contributed by atoms with E-state index in [0.29, 0.717) is 22.8 Å². The maximum atomic E-state index is 5.38. The molecular weight excluding hydrogens is 240 g/mol. The second-order valence-electron chi connectivity index (χ2n) is 3.38. The highest BCUT2D eigenvalue weighted by Crippen LogP contribution is 2.29. The van der Waals surface area contributed by atoms with Crippen molar-refractivity contribution in [1.29, 1.82) is 0 Å². The lowest BCUT2D eigenvalue weighted by Crippen LogP contribution is -2.12. The first kappa shape index (κ1) is 11.8. The molecule has 2 aromatic heterocycles. The van der Waals surface area contributed by atoms with Gasteiger partial charge in [-0.25, -0.2) is 15.8 Å². The third-order valence-electron chi connectivity index (χ3n) is 2.04. The van der Waals surface area contributed by atoms with Crippen molar-refractivity contribution in [2.24, 2.45) is 5.84 Å². The van der Waals surface area contributed by atoms with Crippen LogP contribution in [-0.4, -0.2) is 20.2 Å². The zero-order valence-corrected chi connectivity index (χ0v) is 10.5. The number of nitrogen functional groups attached to an aromatic ring is 1. The van der Waals surface area contributed by atoms with Gasteiger partial charge < -0.3 is 9.84 Å². The highest BCUT2D eigenvalue weighted by molar-refractivity contribution is 7.99. The Bertz CT molecular complexity index is 540. The summed E-state index contributed by atoms with van der Waals surface area (Å²) in [5.74, 6) is 7.13. The third kappa shape index (κ3) is 2.53. The molecule has 0 amide bonds. The molecule has 2 rings (SSSR count). The van der Waals surface area contributed by atoms with Crippen molar-refractivity contribution in [2.75, 3.05) is 5.43 Å². The number of aromatic nitrogens is 4. The minimum Gasteiger partial charge on any atom is -0.416 e. The molecule has 0 saturated heterocycles. The van der Waals surface area contributed by atoms with Crippen LogP contribution < -0.4 is 11.3 Å². The Morgan fingerprint density at radius 2 is 1.94 bits per heavy atom. The summed E-state index contributed by atoms with van der Waals surface area (Å²) in [5.41, 5.74) is 3.38. The zero-order chi connectivity index (χ0) is 12.4. The van der Waals surface area contributed by atoms with Gasteiger partial charge in [0.15, 0.2) is 0 Å². The fraction of sp³-hybridized carbons (Fsp3) is 0.333. The molecule has 0 aliphatic rings. The summed E-state index contributed by atoms with van der Waals surface area (Å²) in [6.07, 6.45) is 0. The van der Waals surface area contributed by atoms with E-state index in [9.17, 15) is 0 Å². The van der Waals surface area contributed by atoms with Crippen molar-refractivity contribution in [3.63, 3.8) is 0 Å². The van der Waals surface area contributed by atoms with E-state index in [2.05, 4.69) is 25.6 Å². The lowest BCUT2D eigenvalue weighted by molar-refractivity contribution is 0.429. The van der Waals surface area contributed by atoms with Gasteiger partial charge >= 0.3 is 0 Å². The fourth-order valence-electron chi connectivity index (χ4n) is 1.25. The molecule has 0 radical (unpaired) electrons. The molecule has 17 heavy (non-hydrogen) atoms. The maximum absolute atomic E-state index is 5.38. The zero-order valence-electron chi connectivity index (χ0n) is 9.68. The van der Waals surface area contributed by atoms with Gasteiger partial charge in [0.05, 0.1) is 0 Å². The van der Waals surface area contributed by atoms with Gasteiger partial charge in [-0.15, -0.1) is 10.2 Å². The Morgan fingerprint density at radius 1 is 1.18 bits per heavy atom. The molecule has 0 aliphatic carbocycles. The van der Waals surface area contributed by atoms with Gasteiger partial charge in [-0.3, -0.25) is 0 Å². The lowest BCUT2D eigenvalue weighted by atomic mass is 10.3. The second-order valence-corrected chi connectivity index (χ2v) is 4.32. The van der Waals surface area contributed by atoms with Crippen LogP contribution in [-0.2, 0) is 0 Å². The third-order valence-corrected chi connectivity index (χ3v) is 2.97. The van der Waals surface area contributed by atoms with E-state index in [0.717, 1.165) is 10.6 Å². The van der Waals surface area contributed by atoms with Gasteiger partial charge in [-0.05, 0) is 25.6 Å². The molecule has 0 bridgehead atoms. The number of hydrogen-bond acceptors (Lipinski definition) is 8. The summed E-state index contributed by atoms with van der Waals surface area (Å²) in [5, 5.41) is 8.85. The summed E-state index contributed by atoms with van der Waals surface area (Å²) >= 11 is 1.29. The number of nitrogens with zero attached hydrogens (tertiary/aromatic N) is 4. The van der Waals surface area contributed by atoms with E-state index < -0.39 is 0 Å². The summed E-state index contributed by atoms with van der Waals surface area (Å²) in [4.78, 5) is 8.49. The van der Waals surface area contributed by atoms with Crippen LogP contribution >= 0.6 is 11.8 Å². The molecular formula is C9H12N6OS. The van der Waals surface area contributed by atoms with Crippen molar-refractivity contribution < 1.29 is 4.42 Å². The molecule has 0 atom stereocenters. The van der Waals surface area contributed by atoms with Gasteiger partial charge in [0, 0.05) is 12.5 Å². The van der Waals surface area contributed by atoms with Gasteiger partial charge in [0.2, 0.25) is 5.89 Å². The highest BCUT2D eigenvalue weighted by atomic mass is 32.2. The van der Waals surface area contributed by atoms with Crippen LogP contribution in [0.15, 0.2) is 14.7 Å². The summed E-state index contributed by atoms with van der Waals surface area (Å²) in [6, 6.07) is 0. The molecule has 8 heteroatoms. The Morgan fingerprint density at radius 3 is 2.53 bits per heavy atom. The van der Waals surface area contributed by atoms with Crippen LogP contribution in [0, 0.1) is 20.8 Å². The van der Waals surface area contributed by atoms with E-state index in [1.54, 1.807) is 13.8 Å². The topological polar surface area (TPSA) is 103 Å². The first-order chi connectivity index (χ1) is 8.10. The Labute approximate surface area is 102 Å². The molecule has 0 unspecified atom stereocenters. The molecule has 90 valence electrons. The number of hydrazine groups is 1. The minimum absolute atomic E-state index is 0.451. The van der Waals surface area contributed by atoms with Crippen LogP contribution in [0.3, 0.4) is 0 Å². The van der Waals surface area contributed by atoms with Crippen LogP contribution in [0.2, 0.25) is 0 Å². The standard InChI is InChI=1S/C9H12N6OS/c1-4-7(13-10)11-5(2)12-8(4)17-9-15-14-6(3)16-9/h10H2,1-3H3,(H,11,12,13). The number of nitrogens with two attached hydrogens (primary N) is 1. The van der Waals surface area contributed by atoms with Crippen molar-refractivity contribution >= 4 is 17.6 Å². The molecule has 0 saturated carbocycles. The smallest absolute Gasteiger partial charge is 0.282 e. The largest absolute Gasteiger partial charge is 0.416 e. The van der Waals surface area contributed by atoms with E-state index in [4.69, 9.17) is 10.3 Å². The Balaban J connectivity index is 2.35. The van der Waals surface area contributed by atoms with Crippen LogP contribution in [0.1, 0.15) is 17.3 Å². The predicted octanol–water partition coefficient (Wildman–Crippen LogP) is 1.22. The molecule has 0 aliphatic heterocycles. The van der Waals surface area contributed by atoms with E-state index in [1.165, 1.54) is 11.8 Å². The first-order valence-corrected chi connectivity index (χ1v) is 5.71. The maximum Gasteiger partial charge on any atom is 0.282 e. The Hall–Kier alpha value is -1.67. The van der Waals surface area contributed by atoms with E-state index in [1.807, 2.05) is 6.92 Å². The summed E-state index contributed by atoms with van der Waals surface area (Å²) in [7, 11) is 0. The van der Waals surface area contributed by atoms with Crippen LogP contribution in [0.4, 0.5) is 5.82 Å². The Kier molecular flexibility index (Phi) is 3.25. The number of nitrogens with one attached hydrogen (secondary N) is 1. The van der Waals surface area contributed by atoms with Crippen molar-refractivity contribution in [3.8, 4) is 0 Å². The molecule has 3 N–H and O–H groups in total. The normalized spacial score (nSPS) is 10.6. The van der Waals surface area contributed by atoms with Gasteiger partial charge in [-0.1, -0.05) is 0 Å². The van der Waals surface area contributed by atoms with Crippen molar-refractivity contribution in [1.82, 2.24) is 20.2 Å². The molecule has 0 fully saturated rings. The van der Waals surface area contributed by atoms with Crippen LogP contribution in [0.5, 0.6) is 0 Å². The molecule has 7 nitrogen and oxygen atoms in total. The summed E-state index contributed by atoms with van der Waals surface area (Å²) in [6.45, 7) is 5.41. The second kappa shape index (κ2) is 4.68. The molecule has 2 heterocycles. The fourth-order valence-corrected chi connectivity index (χ4v) is 2.08. The van der Waals surface area contributed by atoms with Crippen LogP contribution in [0.25, 0.3) is 0 Å². The van der Waals surface area contributed by atoms with Crippen molar-refractivity contribution in [2.45, 2.75) is 31.0 Å². The SMILES string of the molecule is Cc1nc(NN)c(C)c(Sc2nnc(C)o2)n1. The summed E-state index contributed by atoms with van der Waals surface area (Å²) < 4.78 is 5.28. The first-order valence-electron chi connectivity index (χ1n) is 4.90. The number of hydrogen-bond donors (Lipinski definition) is 2. The monoisotopic (exact) mass is 252 g/mol. The average Bonchev–Trinajstić information content (AvgIpc) is 2.69. The predicted molar refractivity (Wildman–Crippen MR) is 62.5 cm³/mol. The molecule has 2 aromatic rings. The highest BCUT2D eigenvalue weighted by Gasteiger charge is 2.13. The number of aryl methyl sites for hydroxylation is 2. The van der Waals surface area contributed by atoms with Gasteiger partial charge in [0.1, 0.15) is 16.7 Å². The molecule has 0 aromatic carbocycles. The molecule has 0 spiro atoms. The number of anilines is 1.